The van der Waals surface area contributed by atoms with Gasteiger partial charge in [-0.05, 0) is 74.3 Å². The number of pyridine rings is 2. The van der Waals surface area contributed by atoms with E-state index in [1.54, 1.807) is 13.1 Å². The molecule has 0 saturated heterocycles. The van der Waals surface area contributed by atoms with Gasteiger partial charge in [0.15, 0.2) is 5.82 Å². The minimum absolute atomic E-state index is 0.270. The van der Waals surface area contributed by atoms with Crippen LogP contribution in [0.5, 0.6) is 0 Å². The second-order valence-electron chi connectivity index (χ2n) is 12.2. The van der Waals surface area contributed by atoms with Crippen LogP contribution in [0.25, 0.3) is 10.9 Å². The lowest BCUT2D eigenvalue weighted by atomic mass is 9.52. The van der Waals surface area contributed by atoms with Crippen LogP contribution in [0, 0.1) is 24.7 Å². The molecule has 190 valence electrons. The summed E-state index contributed by atoms with van der Waals surface area (Å²) in [4.78, 5) is 21.3. The van der Waals surface area contributed by atoms with E-state index in [-0.39, 0.29) is 11.5 Å². The SMILES string of the molecule is Cc1c(C(C)(C)C)c(Nc2cc3ncccc3c(NC3C4CC5CC3CC(O)(C5)C4)n2)nn1C(=O)O. The van der Waals surface area contributed by atoms with E-state index >= 15 is 0 Å². The van der Waals surface area contributed by atoms with Gasteiger partial charge in [0.25, 0.3) is 0 Å². The standard InChI is InChI=1S/C27H34N6O3/c1-14-21(26(2,3)4)24(32-33(14)25(34)35)30-20-10-19-18(6-5-7-28-19)23(29-20)31-22-16-8-15-9-17(22)13-27(36,11-15)12-16/h5-7,10,15-17,22,36H,8-9,11-13H2,1-4H3,(H,34,35)(H2,29,30,31,32). The number of fused-ring (bicyclic) bond motifs is 1. The Balaban J connectivity index is 1.38. The van der Waals surface area contributed by atoms with Crippen molar-refractivity contribution in [3.05, 3.63) is 35.7 Å². The van der Waals surface area contributed by atoms with Gasteiger partial charge in [-0.15, -0.1) is 5.10 Å². The number of aliphatic hydroxyl groups is 1. The van der Waals surface area contributed by atoms with E-state index in [9.17, 15) is 15.0 Å². The highest BCUT2D eigenvalue weighted by molar-refractivity contribution is 5.91. The molecular formula is C27H34N6O3. The van der Waals surface area contributed by atoms with E-state index in [0.717, 1.165) is 59.1 Å². The average Bonchev–Trinajstić information content (AvgIpc) is 3.11. The lowest BCUT2D eigenvalue weighted by molar-refractivity contribution is -0.129. The van der Waals surface area contributed by atoms with E-state index in [2.05, 4.69) is 20.7 Å². The van der Waals surface area contributed by atoms with Crippen molar-refractivity contribution in [1.29, 1.82) is 0 Å². The highest BCUT2D eigenvalue weighted by Crippen LogP contribution is 2.56. The minimum Gasteiger partial charge on any atom is -0.463 e. The molecular weight excluding hydrogens is 456 g/mol. The Bertz CT molecular complexity index is 1340. The van der Waals surface area contributed by atoms with Gasteiger partial charge in [0.1, 0.15) is 11.6 Å². The van der Waals surface area contributed by atoms with Gasteiger partial charge in [0.2, 0.25) is 0 Å². The molecule has 0 spiro atoms. The predicted octanol–water partition coefficient (Wildman–Crippen LogP) is 5.05. The fourth-order valence-corrected chi connectivity index (χ4v) is 7.42. The van der Waals surface area contributed by atoms with Gasteiger partial charge in [-0.25, -0.2) is 9.78 Å². The monoisotopic (exact) mass is 490 g/mol. The maximum atomic E-state index is 11.8. The number of hydrogen-bond acceptors (Lipinski definition) is 7. The fraction of sp³-hybridized carbons (Fsp3) is 0.556. The molecule has 4 saturated carbocycles. The largest absolute Gasteiger partial charge is 0.463 e. The van der Waals surface area contributed by atoms with Crippen LogP contribution in [-0.2, 0) is 5.41 Å². The van der Waals surface area contributed by atoms with Gasteiger partial charge in [-0.2, -0.15) is 4.68 Å². The Kier molecular flexibility index (Phi) is 5.09. The molecule has 4 fully saturated rings. The quantitative estimate of drug-likeness (QED) is 0.400. The van der Waals surface area contributed by atoms with Gasteiger partial charge in [0, 0.05) is 29.3 Å². The van der Waals surface area contributed by atoms with Crippen molar-refractivity contribution in [1.82, 2.24) is 19.7 Å². The Morgan fingerprint density at radius 1 is 1.17 bits per heavy atom. The summed E-state index contributed by atoms with van der Waals surface area (Å²) in [6.45, 7) is 7.89. The van der Waals surface area contributed by atoms with Crippen LogP contribution in [0.2, 0.25) is 0 Å². The summed E-state index contributed by atoms with van der Waals surface area (Å²) in [5, 5.41) is 33.0. The fourth-order valence-electron chi connectivity index (χ4n) is 7.42. The van der Waals surface area contributed by atoms with Crippen molar-refractivity contribution >= 4 is 34.4 Å². The Labute approximate surface area is 210 Å². The van der Waals surface area contributed by atoms with Crippen molar-refractivity contribution in [2.75, 3.05) is 10.6 Å². The smallest absolute Gasteiger partial charge is 0.432 e. The van der Waals surface area contributed by atoms with E-state index in [1.807, 2.05) is 39.0 Å². The number of aromatic nitrogens is 4. The van der Waals surface area contributed by atoms with Gasteiger partial charge in [0.05, 0.1) is 16.8 Å². The number of carbonyl (C=O) groups is 1. The van der Waals surface area contributed by atoms with E-state index in [4.69, 9.17) is 4.98 Å². The summed E-state index contributed by atoms with van der Waals surface area (Å²) in [5.41, 5.74) is 1.40. The average molecular weight is 491 g/mol. The first-order valence-corrected chi connectivity index (χ1v) is 12.9. The maximum absolute atomic E-state index is 11.8. The lowest BCUT2D eigenvalue weighted by Gasteiger charge is -2.58. The number of anilines is 3. The van der Waals surface area contributed by atoms with Gasteiger partial charge in [-0.3, -0.25) is 4.98 Å². The topological polar surface area (TPSA) is 125 Å². The second-order valence-corrected chi connectivity index (χ2v) is 12.2. The van der Waals surface area contributed by atoms with Crippen LogP contribution in [-0.4, -0.2) is 47.7 Å². The second kappa shape index (κ2) is 7.90. The molecule has 4 N–H and O–H groups in total. The summed E-state index contributed by atoms with van der Waals surface area (Å²) in [7, 11) is 0. The molecule has 4 aliphatic rings. The molecule has 0 amide bonds. The number of rotatable bonds is 4. The highest BCUT2D eigenvalue weighted by Gasteiger charge is 2.54. The van der Waals surface area contributed by atoms with Crippen molar-refractivity contribution in [2.24, 2.45) is 17.8 Å². The van der Waals surface area contributed by atoms with E-state index in [0.29, 0.717) is 35.1 Å². The summed E-state index contributed by atoms with van der Waals surface area (Å²) in [6, 6.07) is 6.08. The summed E-state index contributed by atoms with van der Waals surface area (Å²) < 4.78 is 1.01. The molecule has 2 unspecified atom stereocenters. The van der Waals surface area contributed by atoms with Gasteiger partial charge < -0.3 is 20.8 Å². The summed E-state index contributed by atoms with van der Waals surface area (Å²) in [5.74, 6) is 3.31. The normalized spacial score (nSPS) is 29.0. The summed E-state index contributed by atoms with van der Waals surface area (Å²) >= 11 is 0. The van der Waals surface area contributed by atoms with Crippen LogP contribution >= 0.6 is 0 Å². The molecule has 3 aromatic rings. The third-order valence-corrected chi connectivity index (χ3v) is 8.44. The zero-order valence-electron chi connectivity index (χ0n) is 21.2. The van der Waals surface area contributed by atoms with Gasteiger partial charge in [-0.1, -0.05) is 20.8 Å². The highest BCUT2D eigenvalue weighted by atomic mass is 16.4. The predicted molar refractivity (Wildman–Crippen MR) is 138 cm³/mol. The van der Waals surface area contributed by atoms with Crippen molar-refractivity contribution in [3.8, 4) is 0 Å². The molecule has 0 radical (unpaired) electrons. The molecule has 36 heavy (non-hydrogen) atoms. The Morgan fingerprint density at radius 3 is 2.53 bits per heavy atom. The zero-order chi connectivity index (χ0) is 25.4. The maximum Gasteiger partial charge on any atom is 0.432 e. The molecule has 9 heteroatoms. The van der Waals surface area contributed by atoms with Crippen LogP contribution in [0.4, 0.5) is 22.2 Å². The molecule has 4 aliphatic carbocycles. The lowest BCUT2D eigenvalue weighted by Crippen LogP contribution is -2.59. The molecule has 0 aliphatic heterocycles. The molecule has 9 nitrogen and oxygen atoms in total. The first-order valence-electron chi connectivity index (χ1n) is 12.9. The molecule has 7 rings (SSSR count). The number of nitrogens with one attached hydrogen (secondary N) is 2. The van der Waals surface area contributed by atoms with Crippen molar-refractivity contribution in [3.63, 3.8) is 0 Å². The third kappa shape index (κ3) is 3.80. The zero-order valence-corrected chi connectivity index (χ0v) is 21.2. The minimum atomic E-state index is -1.12. The van der Waals surface area contributed by atoms with Crippen LogP contribution in [0.1, 0.15) is 64.1 Å². The Morgan fingerprint density at radius 2 is 1.89 bits per heavy atom. The molecule has 2 atom stereocenters. The van der Waals surface area contributed by atoms with E-state index < -0.39 is 11.7 Å². The number of nitrogens with zero attached hydrogens (tertiary/aromatic N) is 4. The molecule has 4 bridgehead atoms. The van der Waals surface area contributed by atoms with Gasteiger partial charge >= 0.3 is 6.09 Å². The van der Waals surface area contributed by atoms with Crippen molar-refractivity contribution < 1.29 is 15.0 Å². The molecule has 0 aromatic carbocycles. The Hall–Kier alpha value is -3.20. The molecule has 3 aromatic heterocycles. The summed E-state index contributed by atoms with van der Waals surface area (Å²) in [6.07, 6.45) is 5.62. The van der Waals surface area contributed by atoms with E-state index in [1.165, 1.54) is 0 Å². The van der Waals surface area contributed by atoms with Crippen molar-refractivity contribution in [2.45, 2.75) is 76.9 Å². The van der Waals surface area contributed by atoms with Crippen LogP contribution in [0.15, 0.2) is 24.4 Å². The number of carboxylic acid groups (broad SMARTS) is 1. The first kappa shape index (κ1) is 23.2. The van der Waals surface area contributed by atoms with Crippen LogP contribution in [0.3, 0.4) is 0 Å². The first-order chi connectivity index (χ1) is 17.0. The third-order valence-electron chi connectivity index (χ3n) is 8.44. The number of hydrogen-bond donors (Lipinski definition) is 4. The van der Waals surface area contributed by atoms with Crippen LogP contribution < -0.4 is 10.6 Å². The molecule has 3 heterocycles.